The summed E-state index contributed by atoms with van der Waals surface area (Å²) in [5, 5.41) is 2.92. The van der Waals surface area contributed by atoms with Crippen molar-refractivity contribution in [2.24, 2.45) is 0 Å². The minimum absolute atomic E-state index is 0.0892. The lowest BCUT2D eigenvalue weighted by Crippen LogP contribution is -2.31. The lowest BCUT2D eigenvalue weighted by molar-refractivity contribution is -0.114. The summed E-state index contributed by atoms with van der Waals surface area (Å²) in [7, 11) is 1.79. The van der Waals surface area contributed by atoms with Crippen LogP contribution in [0.25, 0.3) is 0 Å². The fourth-order valence-corrected chi connectivity index (χ4v) is 1.83. The molecule has 0 atom stereocenters. The average molecular weight is 270 g/mol. The van der Waals surface area contributed by atoms with Crippen molar-refractivity contribution < 1.29 is 4.79 Å². The highest BCUT2D eigenvalue weighted by Crippen LogP contribution is 2.16. The molecule has 1 aromatic carbocycles. The summed E-state index contributed by atoms with van der Waals surface area (Å²) in [6.07, 6.45) is 3.31. The zero-order valence-corrected chi connectivity index (χ0v) is 11.9. The lowest BCUT2D eigenvalue weighted by Gasteiger charge is -2.16. The molecule has 0 bridgehead atoms. The Morgan fingerprint density at radius 2 is 1.95 bits per heavy atom. The molecule has 104 valence electrons. The Morgan fingerprint density at radius 3 is 2.65 bits per heavy atom. The molecule has 1 aromatic heterocycles. The summed E-state index contributed by atoms with van der Waals surface area (Å²) < 4.78 is 0. The summed E-state index contributed by atoms with van der Waals surface area (Å²) in [5.41, 5.74) is 3.01. The summed E-state index contributed by atoms with van der Waals surface area (Å²) >= 11 is 0. The number of amides is 1. The third-order valence-electron chi connectivity index (χ3n) is 2.94. The fourth-order valence-electron chi connectivity index (χ4n) is 1.83. The minimum atomic E-state index is -0.0892. The van der Waals surface area contributed by atoms with Crippen molar-refractivity contribution in [3.63, 3.8) is 0 Å². The number of carbonyl (C=O) groups excluding carboxylic acids is 1. The highest BCUT2D eigenvalue weighted by Gasteiger charge is 2.10. The van der Waals surface area contributed by atoms with Crippen LogP contribution in [0.4, 0.5) is 11.6 Å². The first-order chi connectivity index (χ1) is 9.56. The Kier molecular flexibility index (Phi) is 4.30. The summed E-state index contributed by atoms with van der Waals surface area (Å²) in [6.45, 7) is 4.18. The highest BCUT2D eigenvalue weighted by molar-refractivity contribution is 5.94. The van der Waals surface area contributed by atoms with Crippen LogP contribution in [0.2, 0.25) is 0 Å². The maximum atomic E-state index is 12.1. The number of likely N-dealkylation sites (N-methyl/N-ethyl adjacent to an activating group) is 1. The molecule has 0 aliphatic carbocycles. The molecule has 0 aliphatic heterocycles. The number of hydrogen-bond donors (Lipinski definition) is 1. The Bertz CT molecular complexity index is 598. The molecule has 0 fully saturated rings. The van der Waals surface area contributed by atoms with E-state index in [1.807, 2.05) is 32.0 Å². The molecular weight excluding hydrogens is 252 g/mol. The Morgan fingerprint density at radius 1 is 1.25 bits per heavy atom. The summed E-state index contributed by atoms with van der Waals surface area (Å²) in [6, 6.07) is 7.73. The molecule has 2 aromatic rings. The van der Waals surface area contributed by atoms with Gasteiger partial charge in [-0.25, -0.2) is 9.97 Å². The average Bonchev–Trinajstić information content (AvgIpc) is 2.43. The van der Waals surface area contributed by atoms with E-state index >= 15 is 0 Å². The molecule has 2 rings (SSSR count). The van der Waals surface area contributed by atoms with Crippen LogP contribution in [0.1, 0.15) is 11.1 Å². The standard InChI is InChI=1S/C15H18N4O/c1-11-5-6-12(2)13(9-11)18-14(20)10-19(3)15-16-7-4-8-17-15/h4-9H,10H2,1-3H3,(H,18,20). The zero-order chi connectivity index (χ0) is 14.5. The zero-order valence-electron chi connectivity index (χ0n) is 11.9. The number of hydrogen-bond acceptors (Lipinski definition) is 4. The van der Waals surface area contributed by atoms with Gasteiger partial charge < -0.3 is 10.2 Å². The van der Waals surface area contributed by atoms with Gasteiger partial charge in [0.2, 0.25) is 11.9 Å². The van der Waals surface area contributed by atoms with Gasteiger partial charge >= 0.3 is 0 Å². The highest BCUT2D eigenvalue weighted by atomic mass is 16.2. The van der Waals surface area contributed by atoms with Crippen LogP contribution in [0, 0.1) is 13.8 Å². The maximum Gasteiger partial charge on any atom is 0.244 e. The molecule has 0 radical (unpaired) electrons. The largest absolute Gasteiger partial charge is 0.335 e. The predicted octanol–water partition coefficient (Wildman–Crippen LogP) is 2.17. The van der Waals surface area contributed by atoms with Crippen LogP contribution in [0.5, 0.6) is 0 Å². The quantitative estimate of drug-likeness (QED) is 0.925. The van der Waals surface area contributed by atoms with E-state index < -0.39 is 0 Å². The van der Waals surface area contributed by atoms with E-state index in [0.717, 1.165) is 16.8 Å². The molecule has 5 heteroatoms. The third kappa shape index (κ3) is 3.54. The molecule has 0 unspecified atom stereocenters. The van der Waals surface area contributed by atoms with E-state index in [0.29, 0.717) is 5.95 Å². The van der Waals surface area contributed by atoms with E-state index in [1.165, 1.54) is 0 Å². The van der Waals surface area contributed by atoms with Crippen molar-refractivity contribution in [2.75, 3.05) is 23.8 Å². The van der Waals surface area contributed by atoms with E-state index in [2.05, 4.69) is 15.3 Å². The van der Waals surface area contributed by atoms with Gasteiger partial charge in [-0.15, -0.1) is 0 Å². The second-order valence-corrected chi connectivity index (χ2v) is 4.77. The monoisotopic (exact) mass is 270 g/mol. The fraction of sp³-hybridized carbons (Fsp3) is 0.267. The molecule has 0 spiro atoms. The van der Waals surface area contributed by atoms with Gasteiger partial charge in [0.25, 0.3) is 0 Å². The maximum absolute atomic E-state index is 12.1. The molecule has 5 nitrogen and oxygen atoms in total. The molecule has 0 saturated carbocycles. The molecular formula is C15H18N4O. The van der Waals surface area contributed by atoms with Crippen molar-refractivity contribution in [3.8, 4) is 0 Å². The van der Waals surface area contributed by atoms with Crippen molar-refractivity contribution in [3.05, 3.63) is 47.8 Å². The normalized spacial score (nSPS) is 10.2. The van der Waals surface area contributed by atoms with Crippen LogP contribution >= 0.6 is 0 Å². The number of aromatic nitrogens is 2. The van der Waals surface area contributed by atoms with E-state index in [1.54, 1.807) is 30.4 Å². The van der Waals surface area contributed by atoms with Crippen LogP contribution in [-0.4, -0.2) is 29.5 Å². The van der Waals surface area contributed by atoms with Crippen molar-refractivity contribution in [1.29, 1.82) is 0 Å². The van der Waals surface area contributed by atoms with Gasteiger partial charge in [0.15, 0.2) is 0 Å². The minimum Gasteiger partial charge on any atom is -0.335 e. The number of benzene rings is 1. The number of nitrogens with zero attached hydrogens (tertiary/aromatic N) is 3. The molecule has 1 N–H and O–H groups in total. The summed E-state index contributed by atoms with van der Waals surface area (Å²) in [5.74, 6) is 0.442. The number of anilines is 2. The first-order valence-electron chi connectivity index (χ1n) is 6.41. The number of carbonyl (C=O) groups is 1. The second-order valence-electron chi connectivity index (χ2n) is 4.77. The smallest absolute Gasteiger partial charge is 0.244 e. The van der Waals surface area contributed by atoms with Crippen molar-refractivity contribution in [1.82, 2.24) is 9.97 Å². The molecule has 1 amide bonds. The van der Waals surface area contributed by atoms with Crippen molar-refractivity contribution in [2.45, 2.75) is 13.8 Å². The SMILES string of the molecule is Cc1ccc(C)c(NC(=O)CN(C)c2ncccn2)c1. The topological polar surface area (TPSA) is 58.1 Å². The van der Waals surface area contributed by atoms with Crippen molar-refractivity contribution >= 4 is 17.5 Å². The Hall–Kier alpha value is -2.43. The molecule has 20 heavy (non-hydrogen) atoms. The Balaban J connectivity index is 2.01. The molecule has 0 aliphatic rings. The predicted molar refractivity (Wildman–Crippen MR) is 79.8 cm³/mol. The summed E-state index contributed by atoms with van der Waals surface area (Å²) in [4.78, 5) is 22.0. The van der Waals surface area contributed by atoms with Crippen LogP contribution < -0.4 is 10.2 Å². The van der Waals surface area contributed by atoms with E-state index in [4.69, 9.17) is 0 Å². The van der Waals surface area contributed by atoms with Gasteiger partial charge in [0.05, 0.1) is 6.54 Å². The van der Waals surface area contributed by atoms with E-state index in [9.17, 15) is 4.79 Å². The van der Waals surface area contributed by atoms with Gasteiger partial charge in [-0.05, 0) is 37.1 Å². The Labute approximate surface area is 118 Å². The van der Waals surface area contributed by atoms with Gasteiger partial charge in [0, 0.05) is 25.1 Å². The second kappa shape index (κ2) is 6.14. The number of nitrogens with one attached hydrogen (secondary N) is 1. The molecule has 0 saturated heterocycles. The van der Waals surface area contributed by atoms with Gasteiger partial charge in [-0.3, -0.25) is 4.79 Å². The first-order valence-corrected chi connectivity index (χ1v) is 6.41. The van der Waals surface area contributed by atoms with Crippen LogP contribution in [0.15, 0.2) is 36.7 Å². The van der Waals surface area contributed by atoms with Crippen LogP contribution in [0.3, 0.4) is 0 Å². The van der Waals surface area contributed by atoms with Crippen LogP contribution in [-0.2, 0) is 4.79 Å². The van der Waals surface area contributed by atoms with E-state index in [-0.39, 0.29) is 12.5 Å². The third-order valence-corrected chi connectivity index (χ3v) is 2.94. The number of rotatable bonds is 4. The van der Waals surface area contributed by atoms with Gasteiger partial charge in [0.1, 0.15) is 0 Å². The van der Waals surface area contributed by atoms with Gasteiger partial charge in [-0.2, -0.15) is 0 Å². The lowest BCUT2D eigenvalue weighted by atomic mass is 10.1. The first kappa shape index (κ1) is 14.0. The molecule has 1 heterocycles. The van der Waals surface area contributed by atoms with Gasteiger partial charge in [-0.1, -0.05) is 12.1 Å². The number of aryl methyl sites for hydroxylation is 2.